The predicted molar refractivity (Wildman–Crippen MR) is 81.4 cm³/mol. The highest BCUT2D eigenvalue weighted by Gasteiger charge is 2.26. The van der Waals surface area contributed by atoms with E-state index in [9.17, 15) is 9.90 Å². The van der Waals surface area contributed by atoms with Crippen molar-refractivity contribution in [2.24, 2.45) is 5.92 Å². The fourth-order valence-electron chi connectivity index (χ4n) is 2.42. The lowest BCUT2D eigenvalue weighted by Gasteiger charge is -2.24. The fourth-order valence-corrected chi connectivity index (χ4v) is 3.13. The van der Waals surface area contributed by atoms with Gasteiger partial charge >= 0.3 is 0 Å². The quantitative estimate of drug-likeness (QED) is 0.910. The van der Waals surface area contributed by atoms with Crippen LogP contribution in [0.1, 0.15) is 17.2 Å². The summed E-state index contributed by atoms with van der Waals surface area (Å²) in [5, 5.41) is 16.6. The summed E-state index contributed by atoms with van der Waals surface area (Å²) in [6, 6.07) is 9.64. The third kappa shape index (κ3) is 3.25. The number of rotatable bonds is 4. The van der Waals surface area contributed by atoms with Crippen molar-refractivity contribution in [3.05, 3.63) is 52.2 Å². The minimum absolute atomic E-state index is 0.0706. The number of aliphatic hydroxyl groups is 1. The summed E-state index contributed by atoms with van der Waals surface area (Å²) in [5.74, 6) is 0.591. The van der Waals surface area contributed by atoms with Crippen molar-refractivity contribution in [2.75, 3.05) is 13.2 Å². The Labute approximate surface area is 127 Å². The van der Waals surface area contributed by atoms with Crippen LogP contribution in [0.4, 0.5) is 0 Å². The number of nitrogens with one attached hydrogen (secondary N) is 1. The molecule has 21 heavy (non-hydrogen) atoms. The van der Waals surface area contributed by atoms with E-state index in [-0.39, 0.29) is 18.4 Å². The summed E-state index contributed by atoms with van der Waals surface area (Å²) < 4.78 is 5.61. The molecule has 1 amide bonds. The van der Waals surface area contributed by atoms with Crippen LogP contribution in [0.25, 0.3) is 0 Å². The fraction of sp³-hybridized carbons (Fsp3) is 0.312. The van der Waals surface area contributed by atoms with Gasteiger partial charge in [-0.15, -0.1) is 0 Å². The first-order valence-electron chi connectivity index (χ1n) is 6.92. The Bertz CT molecular complexity index is 612. The molecule has 2 unspecified atom stereocenters. The van der Waals surface area contributed by atoms with Crippen LogP contribution >= 0.6 is 11.3 Å². The van der Waals surface area contributed by atoms with Crippen molar-refractivity contribution in [1.29, 1.82) is 0 Å². The minimum atomic E-state index is -0.656. The molecule has 110 valence electrons. The van der Waals surface area contributed by atoms with Gasteiger partial charge in [-0.05, 0) is 40.4 Å². The van der Waals surface area contributed by atoms with Crippen molar-refractivity contribution in [3.8, 4) is 5.75 Å². The summed E-state index contributed by atoms with van der Waals surface area (Å²) in [6.45, 7) is 0.616. The van der Waals surface area contributed by atoms with Crippen LogP contribution in [0.3, 0.4) is 0 Å². The number of fused-ring (bicyclic) bond motifs is 1. The molecule has 2 heterocycles. The predicted octanol–water partition coefficient (Wildman–Crippen LogP) is 2.15. The van der Waals surface area contributed by atoms with E-state index in [0.29, 0.717) is 13.0 Å². The maximum atomic E-state index is 12.2. The molecule has 1 aromatic heterocycles. The molecule has 2 N–H and O–H groups in total. The van der Waals surface area contributed by atoms with Gasteiger partial charge in [0.05, 0.1) is 12.0 Å². The van der Waals surface area contributed by atoms with Gasteiger partial charge in [-0.25, -0.2) is 0 Å². The third-order valence-electron chi connectivity index (χ3n) is 3.65. The monoisotopic (exact) mass is 303 g/mol. The Morgan fingerprint density at radius 1 is 1.43 bits per heavy atom. The molecule has 0 spiro atoms. The Hall–Kier alpha value is -1.85. The molecule has 1 aromatic carbocycles. The zero-order chi connectivity index (χ0) is 14.7. The highest BCUT2D eigenvalue weighted by atomic mass is 32.1. The SMILES string of the molecule is O=C(NCC(O)c1ccsc1)C1COc2ccccc2C1. The number of aliphatic hydroxyl groups excluding tert-OH is 1. The van der Waals surface area contributed by atoms with Crippen molar-refractivity contribution >= 4 is 17.2 Å². The molecule has 1 aliphatic heterocycles. The van der Waals surface area contributed by atoms with Crippen molar-refractivity contribution < 1.29 is 14.6 Å². The number of para-hydroxylation sites is 1. The van der Waals surface area contributed by atoms with Crippen LogP contribution in [0.15, 0.2) is 41.1 Å². The van der Waals surface area contributed by atoms with Crippen LogP contribution in [0.5, 0.6) is 5.75 Å². The van der Waals surface area contributed by atoms with Crippen LogP contribution in [0, 0.1) is 5.92 Å². The van der Waals surface area contributed by atoms with E-state index in [0.717, 1.165) is 16.9 Å². The van der Waals surface area contributed by atoms with Crippen molar-refractivity contribution in [1.82, 2.24) is 5.32 Å². The molecular formula is C16H17NO3S. The molecule has 0 saturated carbocycles. The van der Waals surface area contributed by atoms with Gasteiger partial charge in [0.1, 0.15) is 12.4 Å². The van der Waals surface area contributed by atoms with Crippen LogP contribution in [-0.4, -0.2) is 24.2 Å². The van der Waals surface area contributed by atoms with Gasteiger partial charge in [0.2, 0.25) is 5.91 Å². The zero-order valence-corrected chi connectivity index (χ0v) is 12.3. The van der Waals surface area contributed by atoms with Crippen molar-refractivity contribution in [3.63, 3.8) is 0 Å². The standard InChI is InChI=1S/C16H17NO3S/c18-14(12-5-6-21-10-12)8-17-16(19)13-7-11-3-1-2-4-15(11)20-9-13/h1-6,10,13-14,18H,7-9H2,(H,17,19). The molecule has 1 aliphatic rings. The summed E-state index contributed by atoms with van der Waals surface area (Å²) in [6.07, 6.45) is 0.0216. The molecule has 0 radical (unpaired) electrons. The zero-order valence-electron chi connectivity index (χ0n) is 11.5. The summed E-state index contributed by atoms with van der Waals surface area (Å²) in [7, 11) is 0. The average Bonchev–Trinajstić information content (AvgIpc) is 3.06. The largest absolute Gasteiger partial charge is 0.492 e. The summed E-state index contributed by atoms with van der Waals surface area (Å²) in [4.78, 5) is 12.2. The van der Waals surface area contributed by atoms with Crippen molar-refractivity contribution in [2.45, 2.75) is 12.5 Å². The first kappa shape index (κ1) is 14.1. The van der Waals surface area contributed by atoms with Crippen LogP contribution in [0.2, 0.25) is 0 Å². The molecule has 0 bridgehead atoms. The Balaban J connectivity index is 1.55. The van der Waals surface area contributed by atoms with Gasteiger partial charge < -0.3 is 15.2 Å². The molecule has 2 aromatic rings. The highest BCUT2D eigenvalue weighted by Crippen LogP contribution is 2.26. The lowest BCUT2D eigenvalue weighted by atomic mass is 9.96. The second kappa shape index (κ2) is 6.28. The molecule has 0 fully saturated rings. The average molecular weight is 303 g/mol. The Kier molecular flexibility index (Phi) is 4.22. The molecular weight excluding hydrogens is 286 g/mol. The topological polar surface area (TPSA) is 58.6 Å². The molecule has 4 nitrogen and oxygen atoms in total. The number of carbonyl (C=O) groups excluding carboxylic acids is 1. The van der Waals surface area contributed by atoms with Crippen LogP contribution in [-0.2, 0) is 11.2 Å². The smallest absolute Gasteiger partial charge is 0.226 e. The maximum absolute atomic E-state index is 12.2. The van der Waals surface area contributed by atoms with E-state index in [1.807, 2.05) is 41.1 Å². The van der Waals surface area contributed by atoms with E-state index in [2.05, 4.69) is 5.32 Å². The van der Waals surface area contributed by atoms with E-state index < -0.39 is 6.10 Å². The molecule has 0 aliphatic carbocycles. The number of hydrogen-bond acceptors (Lipinski definition) is 4. The van der Waals surface area contributed by atoms with Gasteiger partial charge in [-0.1, -0.05) is 18.2 Å². The van der Waals surface area contributed by atoms with E-state index in [1.54, 1.807) is 0 Å². The number of amides is 1. The molecule has 0 saturated heterocycles. The highest BCUT2D eigenvalue weighted by molar-refractivity contribution is 7.07. The summed E-state index contributed by atoms with van der Waals surface area (Å²) in [5.41, 5.74) is 1.90. The molecule has 5 heteroatoms. The van der Waals surface area contributed by atoms with Gasteiger partial charge in [0.15, 0.2) is 0 Å². The third-order valence-corrected chi connectivity index (χ3v) is 4.35. The molecule has 3 rings (SSSR count). The number of hydrogen-bond donors (Lipinski definition) is 2. The Morgan fingerprint density at radius 3 is 3.10 bits per heavy atom. The van der Waals surface area contributed by atoms with E-state index in [1.165, 1.54) is 11.3 Å². The lowest BCUT2D eigenvalue weighted by molar-refractivity contribution is -0.126. The minimum Gasteiger partial charge on any atom is -0.492 e. The number of thiophene rings is 1. The van der Waals surface area contributed by atoms with E-state index in [4.69, 9.17) is 4.74 Å². The first-order valence-corrected chi connectivity index (χ1v) is 7.87. The van der Waals surface area contributed by atoms with Gasteiger partial charge in [0, 0.05) is 6.54 Å². The number of ether oxygens (including phenoxy) is 1. The number of benzene rings is 1. The second-order valence-electron chi connectivity index (χ2n) is 5.14. The van der Waals surface area contributed by atoms with Gasteiger partial charge in [-0.2, -0.15) is 11.3 Å². The Morgan fingerprint density at radius 2 is 2.29 bits per heavy atom. The lowest BCUT2D eigenvalue weighted by Crippen LogP contribution is -2.39. The van der Waals surface area contributed by atoms with E-state index >= 15 is 0 Å². The number of carbonyl (C=O) groups is 1. The molecule has 2 atom stereocenters. The normalized spacial score (nSPS) is 18.4. The first-order chi connectivity index (χ1) is 10.2. The van der Waals surface area contributed by atoms with Gasteiger partial charge in [0.25, 0.3) is 0 Å². The summed E-state index contributed by atoms with van der Waals surface area (Å²) >= 11 is 1.53. The second-order valence-corrected chi connectivity index (χ2v) is 5.92. The maximum Gasteiger partial charge on any atom is 0.226 e. The van der Waals surface area contributed by atoms with Crippen LogP contribution < -0.4 is 10.1 Å². The van der Waals surface area contributed by atoms with Gasteiger partial charge in [-0.3, -0.25) is 4.79 Å².